The number of hydrogen-bond donors (Lipinski definition) is 0. The molecular weight excluding hydrogens is 574 g/mol. The molecule has 0 aliphatic carbocycles. The molecule has 0 amide bonds. The van der Waals surface area contributed by atoms with Gasteiger partial charge in [-0.3, -0.25) is 0 Å². The molecule has 2 heterocycles. The molecule has 1 aliphatic heterocycles. The lowest BCUT2D eigenvalue weighted by molar-refractivity contribution is 0.489. The molecule has 1 aromatic heterocycles. The minimum Gasteiger partial charge on any atom is -0.455 e. The van der Waals surface area contributed by atoms with Gasteiger partial charge in [-0.25, -0.2) is 15.0 Å². The fourth-order valence-electron chi connectivity index (χ4n) is 6.50. The number of para-hydroxylation sites is 1. The maximum absolute atomic E-state index is 6.80. The van der Waals surface area contributed by atoms with E-state index in [9.17, 15) is 0 Å². The highest BCUT2D eigenvalue weighted by molar-refractivity contribution is 6.10. The average molecular weight is 602 g/mol. The zero-order valence-electron chi connectivity index (χ0n) is 25.3. The fraction of sp³-hybridized carbons (Fsp3) is 0. The molecular formula is C43H27N3O. The van der Waals surface area contributed by atoms with Crippen molar-refractivity contribution < 1.29 is 4.74 Å². The Hall–Kier alpha value is -6.39. The Morgan fingerprint density at radius 3 is 1.57 bits per heavy atom. The zero-order chi connectivity index (χ0) is 31.2. The van der Waals surface area contributed by atoms with Gasteiger partial charge < -0.3 is 4.74 Å². The standard InChI is InChI=1S/C43H27N3O/c1-4-13-28(14-5-1)31-19-10-20-32(27-31)33-21-11-24-36-34-22-12-23-35-37(25-26-38(39(34)35)47-40(33)36)43-45-41(29-15-6-2-7-16-29)44-42(46-43)30-17-8-3-9-18-30/h1-27H. The van der Waals surface area contributed by atoms with Gasteiger partial charge in [0.05, 0.1) is 0 Å². The Balaban J connectivity index is 1.20. The van der Waals surface area contributed by atoms with Gasteiger partial charge in [-0.1, -0.05) is 146 Å². The highest BCUT2D eigenvalue weighted by Crippen LogP contribution is 2.51. The zero-order valence-corrected chi connectivity index (χ0v) is 25.3. The van der Waals surface area contributed by atoms with Gasteiger partial charge >= 0.3 is 0 Å². The molecule has 1 aliphatic rings. The molecule has 8 aromatic rings. The summed E-state index contributed by atoms with van der Waals surface area (Å²) in [6, 6.07) is 56.2. The molecule has 0 saturated carbocycles. The smallest absolute Gasteiger partial charge is 0.164 e. The lowest BCUT2D eigenvalue weighted by atomic mass is 9.89. The minimum atomic E-state index is 0.624. The number of aromatic nitrogens is 3. The van der Waals surface area contributed by atoms with Crippen molar-refractivity contribution in [2.24, 2.45) is 0 Å². The van der Waals surface area contributed by atoms with E-state index in [-0.39, 0.29) is 0 Å². The van der Waals surface area contributed by atoms with Gasteiger partial charge in [-0.05, 0) is 45.8 Å². The minimum absolute atomic E-state index is 0.624. The second-order valence-electron chi connectivity index (χ2n) is 11.6. The van der Waals surface area contributed by atoms with Crippen molar-refractivity contribution in [1.82, 2.24) is 15.0 Å². The molecule has 0 atom stereocenters. The summed E-state index contributed by atoms with van der Waals surface area (Å²) < 4.78 is 6.80. The van der Waals surface area contributed by atoms with Crippen molar-refractivity contribution >= 4 is 10.8 Å². The monoisotopic (exact) mass is 601 g/mol. The number of rotatable bonds is 5. The maximum atomic E-state index is 6.80. The van der Waals surface area contributed by atoms with Crippen LogP contribution < -0.4 is 4.74 Å². The van der Waals surface area contributed by atoms with Gasteiger partial charge in [-0.2, -0.15) is 0 Å². The van der Waals surface area contributed by atoms with Crippen LogP contribution in [0, 0.1) is 0 Å². The number of hydrogen-bond acceptors (Lipinski definition) is 4. The van der Waals surface area contributed by atoms with Crippen molar-refractivity contribution in [3.05, 3.63) is 164 Å². The van der Waals surface area contributed by atoms with Crippen LogP contribution in [0.3, 0.4) is 0 Å². The quantitative estimate of drug-likeness (QED) is 0.197. The van der Waals surface area contributed by atoms with Gasteiger partial charge in [-0.15, -0.1) is 0 Å². The molecule has 4 heteroatoms. The van der Waals surface area contributed by atoms with Gasteiger partial charge in [0.15, 0.2) is 17.5 Å². The lowest BCUT2D eigenvalue weighted by Gasteiger charge is -2.24. The first-order chi connectivity index (χ1) is 23.3. The molecule has 47 heavy (non-hydrogen) atoms. The molecule has 7 aromatic carbocycles. The second kappa shape index (κ2) is 11.2. The topological polar surface area (TPSA) is 47.9 Å². The van der Waals surface area contributed by atoms with Gasteiger partial charge in [0.1, 0.15) is 11.5 Å². The van der Waals surface area contributed by atoms with Crippen LogP contribution in [0.5, 0.6) is 11.5 Å². The van der Waals surface area contributed by atoms with Crippen LogP contribution in [0.15, 0.2) is 164 Å². The summed E-state index contributed by atoms with van der Waals surface area (Å²) in [6.07, 6.45) is 0. The number of ether oxygens (including phenoxy) is 1. The molecule has 220 valence electrons. The largest absolute Gasteiger partial charge is 0.455 e. The summed E-state index contributed by atoms with van der Waals surface area (Å²) in [6.45, 7) is 0. The van der Waals surface area contributed by atoms with Crippen molar-refractivity contribution in [1.29, 1.82) is 0 Å². The van der Waals surface area contributed by atoms with E-state index in [1.54, 1.807) is 0 Å². The lowest BCUT2D eigenvalue weighted by Crippen LogP contribution is -2.02. The molecule has 0 spiro atoms. The molecule has 4 nitrogen and oxygen atoms in total. The van der Waals surface area contributed by atoms with Crippen LogP contribution in [-0.2, 0) is 0 Å². The first-order valence-electron chi connectivity index (χ1n) is 15.7. The summed E-state index contributed by atoms with van der Waals surface area (Å²) in [5.41, 5.74) is 9.54. The second-order valence-corrected chi connectivity index (χ2v) is 11.6. The molecule has 0 saturated heterocycles. The summed E-state index contributed by atoms with van der Waals surface area (Å²) in [4.78, 5) is 14.9. The van der Waals surface area contributed by atoms with E-state index in [0.717, 1.165) is 61.2 Å². The summed E-state index contributed by atoms with van der Waals surface area (Å²) in [5.74, 6) is 3.58. The average Bonchev–Trinajstić information content (AvgIpc) is 3.16. The highest BCUT2D eigenvalue weighted by atomic mass is 16.5. The first kappa shape index (κ1) is 27.0. The van der Waals surface area contributed by atoms with E-state index in [1.807, 2.05) is 66.7 Å². The van der Waals surface area contributed by atoms with E-state index < -0.39 is 0 Å². The Kier molecular flexibility index (Phi) is 6.43. The van der Waals surface area contributed by atoms with Crippen molar-refractivity contribution in [3.63, 3.8) is 0 Å². The van der Waals surface area contributed by atoms with Crippen LogP contribution in [0.2, 0.25) is 0 Å². The third-order valence-electron chi connectivity index (χ3n) is 8.74. The Morgan fingerprint density at radius 1 is 0.340 bits per heavy atom. The number of fused-ring (bicyclic) bond motifs is 2. The Bertz CT molecular complexity index is 2370. The van der Waals surface area contributed by atoms with E-state index >= 15 is 0 Å². The number of nitrogens with zero attached hydrogens (tertiary/aromatic N) is 3. The molecule has 0 N–H and O–H groups in total. The Labute approximate surface area is 272 Å². The maximum Gasteiger partial charge on any atom is 0.164 e. The summed E-state index contributed by atoms with van der Waals surface area (Å²) in [7, 11) is 0. The van der Waals surface area contributed by atoms with Crippen molar-refractivity contribution in [3.8, 4) is 79.0 Å². The van der Waals surface area contributed by atoms with Crippen LogP contribution in [0.4, 0.5) is 0 Å². The third kappa shape index (κ3) is 4.75. The van der Waals surface area contributed by atoms with Crippen LogP contribution in [0.1, 0.15) is 0 Å². The fourth-order valence-corrected chi connectivity index (χ4v) is 6.50. The van der Waals surface area contributed by atoms with Crippen LogP contribution >= 0.6 is 0 Å². The molecule has 0 unspecified atom stereocenters. The van der Waals surface area contributed by atoms with Crippen molar-refractivity contribution in [2.75, 3.05) is 0 Å². The molecule has 0 bridgehead atoms. The van der Waals surface area contributed by atoms with E-state index in [0.29, 0.717) is 17.5 Å². The predicted molar refractivity (Wildman–Crippen MR) is 190 cm³/mol. The molecule has 0 fully saturated rings. The third-order valence-corrected chi connectivity index (χ3v) is 8.74. The molecule has 0 radical (unpaired) electrons. The normalized spacial score (nSPS) is 11.6. The SMILES string of the molecule is c1ccc(-c2cccc(-c3cccc4c3Oc3ccc(-c5nc(-c6ccccc6)nc(-c6ccccc6)n5)c5cccc-4c35)c2)cc1. The van der Waals surface area contributed by atoms with Crippen LogP contribution in [0.25, 0.3) is 78.3 Å². The molecule has 9 rings (SSSR count). The van der Waals surface area contributed by atoms with E-state index in [2.05, 4.69) is 97.1 Å². The van der Waals surface area contributed by atoms with Crippen LogP contribution in [-0.4, -0.2) is 15.0 Å². The summed E-state index contributed by atoms with van der Waals surface area (Å²) >= 11 is 0. The van der Waals surface area contributed by atoms with E-state index in [1.165, 1.54) is 11.1 Å². The predicted octanol–water partition coefficient (Wildman–Crippen LogP) is 11.1. The van der Waals surface area contributed by atoms with Crippen molar-refractivity contribution in [2.45, 2.75) is 0 Å². The van der Waals surface area contributed by atoms with Gasteiger partial charge in [0, 0.05) is 33.2 Å². The highest BCUT2D eigenvalue weighted by Gasteiger charge is 2.25. The summed E-state index contributed by atoms with van der Waals surface area (Å²) in [5, 5.41) is 2.09. The Morgan fingerprint density at radius 2 is 0.872 bits per heavy atom. The first-order valence-corrected chi connectivity index (χ1v) is 15.7. The van der Waals surface area contributed by atoms with E-state index in [4.69, 9.17) is 19.7 Å². The number of benzene rings is 7. The van der Waals surface area contributed by atoms with Gasteiger partial charge in [0.25, 0.3) is 0 Å². The van der Waals surface area contributed by atoms with Gasteiger partial charge in [0.2, 0.25) is 0 Å².